The van der Waals surface area contributed by atoms with E-state index in [0.717, 1.165) is 25.7 Å². The molecular formula is C12H20N2O3. The zero-order chi connectivity index (χ0) is 12.5. The van der Waals surface area contributed by atoms with Crippen molar-refractivity contribution in [1.82, 2.24) is 10.2 Å². The maximum absolute atomic E-state index is 12.4. The molecule has 0 bridgehead atoms. The molecule has 5 nitrogen and oxygen atoms in total. The summed E-state index contributed by atoms with van der Waals surface area (Å²) in [5.41, 5.74) is -0.338. The Labute approximate surface area is 101 Å². The number of methoxy groups -OCH3 is 1. The lowest BCUT2D eigenvalue weighted by Crippen LogP contribution is -2.44. The van der Waals surface area contributed by atoms with Crippen LogP contribution >= 0.6 is 0 Å². The maximum Gasteiger partial charge on any atom is 0.307 e. The third-order valence-electron chi connectivity index (χ3n) is 3.86. The van der Waals surface area contributed by atoms with E-state index in [2.05, 4.69) is 10.1 Å². The molecule has 1 N–H and O–H groups in total. The summed E-state index contributed by atoms with van der Waals surface area (Å²) in [6.45, 7) is 2.42. The summed E-state index contributed by atoms with van der Waals surface area (Å²) in [4.78, 5) is 25.2. The van der Waals surface area contributed by atoms with Gasteiger partial charge in [-0.25, -0.2) is 0 Å². The third-order valence-corrected chi connectivity index (χ3v) is 3.86. The Kier molecular flexibility index (Phi) is 3.38. The Balaban J connectivity index is 1.99. The molecular weight excluding hydrogens is 220 g/mol. The van der Waals surface area contributed by atoms with Crippen molar-refractivity contribution in [3.8, 4) is 0 Å². The normalized spacial score (nSPS) is 26.8. The Bertz CT molecular complexity index is 324. The van der Waals surface area contributed by atoms with Gasteiger partial charge in [0.2, 0.25) is 5.91 Å². The van der Waals surface area contributed by atoms with Gasteiger partial charge in [-0.15, -0.1) is 0 Å². The first kappa shape index (κ1) is 12.4. The van der Waals surface area contributed by atoms with Gasteiger partial charge in [-0.2, -0.15) is 0 Å². The number of carbonyl (C=O) groups excluding carboxylic acids is 2. The molecule has 0 radical (unpaired) electrons. The van der Waals surface area contributed by atoms with Crippen molar-refractivity contribution in [3.63, 3.8) is 0 Å². The van der Waals surface area contributed by atoms with Gasteiger partial charge in [-0.05, 0) is 19.8 Å². The molecule has 1 saturated carbocycles. The molecule has 1 unspecified atom stereocenters. The van der Waals surface area contributed by atoms with Gasteiger partial charge in [0.15, 0.2) is 0 Å². The minimum absolute atomic E-state index is 0.0188. The zero-order valence-electron chi connectivity index (χ0n) is 10.5. The Morgan fingerprint density at radius 2 is 2.18 bits per heavy atom. The van der Waals surface area contributed by atoms with Gasteiger partial charge in [-0.1, -0.05) is 12.8 Å². The molecule has 1 aliphatic heterocycles. The van der Waals surface area contributed by atoms with Crippen LogP contribution in [0, 0.1) is 0 Å². The number of nitrogens with zero attached hydrogens (tertiary/aromatic N) is 1. The molecule has 1 heterocycles. The van der Waals surface area contributed by atoms with Crippen molar-refractivity contribution in [2.24, 2.45) is 0 Å². The number of esters is 1. The predicted octanol–water partition coefficient (Wildman–Crippen LogP) is 0.640. The summed E-state index contributed by atoms with van der Waals surface area (Å²) in [7, 11) is 1.37. The number of hydrogen-bond donors (Lipinski definition) is 1. The van der Waals surface area contributed by atoms with Crippen molar-refractivity contribution in [3.05, 3.63) is 0 Å². The minimum Gasteiger partial charge on any atom is -0.469 e. The third kappa shape index (κ3) is 2.16. The molecule has 0 aromatic carbocycles. The Hall–Kier alpha value is -1.10. The average molecular weight is 240 g/mol. The monoisotopic (exact) mass is 240 g/mol. The van der Waals surface area contributed by atoms with Crippen LogP contribution < -0.4 is 5.32 Å². The first-order chi connectivity index (χ1) is 8.09. The summed E-state index contributed by atoms with van der Waals surface area (Å²) in [5.74, 6) is -0.108. The van der Waals surface area contributed by atoms with E-state index in [-0.39, 0.29) is 30.0 Å². The van der Waals surface area contributed by atoms with E-state index in [1.807, 2.05) is 6.92 Å². The van der Waals surface area contributed by atoms with Crippen LogP contribution in [-0.2, 0) is 14.3 Å². The lowest BCUT2D eigenvalue weighted by Gasteiger charge is -2.21. The maximum atomic E-state index is 12.4. The van der Waals surface area contributed by atoms with E-state index < -0.39 is 0 Å². The van der Waals surface area contributed by atoms with Crippen LogP contribution in [-0.4, -0.2) is 42.1 Å². The summed E-state index contributed by atoms with van der Waals surface area (Å²) < 4.78 is 4.60. The van der Waals surface area contributed by atoms with Crippen LogP contribution in [0.25, 0.3) is 0 Å². The lowest BCUT2D eigenvalue weighted by atomic mass is 9.98. The molecule has 1 saturated heterocycles. The summed E-state index contributed by atoms with van der Waals surface area (Å²) in [5, 5.41) is 3.40. The largest absolute Gasteiger partial charge is 0.469 e. The second-order valence-corrected chi connectivity index (χ2v) is 4.93. The van der Waals surface area contributed by atoms with Gasteiger partial charge < -0.3 is 9.64 Å². The van der Waals surface area contributed by atoms with E-state index in [1.165, 1.54) is 7.11 Å². The Morgan fingerprint density at radius 1 is 1.53 bits per heavy atom. The second-order valence-electron chi connectivity index (χ2n) is 4.93. The van der Waals surface area contributed by atoms with Crippen molar-refractivity contribution < 1.29 is 14.3 Å². The topological polar surface area (TPSA) is 58.6 Å². The van der Waals surface area contributed by atoms with Crippen molar-refractivity contribution >= 4 is 11.9 Å². The van der Waals surface area contributed by atoms with Crippen LogP contribution in [0.1, 0.15) is 39.0 Å². The average Bonchev–Trinajstić information content (AvgIpc) is 2.86. The summed E-state index contributed by atoms with van der Waals surface area (Å²) in [6, 6.07) is 0. The highest BCUT2D eigenvalue weighted by Gasteiger charge is 2.50. The number of nitrogens with one attached hydrogen (secondary N) is 1. The van der Waals surface area contributed by atoms with Gasteiger partial charge in [-0.3, -0.25) is 14.9 Å². The fourth-order valence-corrected chi connectivity index (χ4v) is 2.94. The molecule has 1 spiro atoms. The Morgan fingerprint density at radius 3 is 2.76 bits per heavy atom. The molecule has 2 rings (SSSR count). The van der Waals surface area contributed by atoms with Crippen LogP contribution in [0.4, 0.5) is 0 Å². The molecule has 1 aliphatic carbocycles. The van der Waals surface area contributed by atoms with E-state index >= 15 is 0 Å². The number of hydrogen-bond acceptors (Lipinski definition) is 4. The molecule has 96 valence electrons. The first-order valence-corrected chi connectivity index (χ1v) is 6.25. The molecule has 5 heteroatoms. The second kappa shape index (κ2) is 4.64. The molecule has 1 amide bonds. The van der Waals surface area contributed by atoms with Crippen molar-refractivity contribution in [2.45, 2.75) is 50.7 Å². The first-order valence-electron chi connectivity index (χ1n) is 6.25. The molecule has 2 aliphatic rings. The van der Waals surface area contributed by atoms with Crippen LogP contribution in [0.15, 0.2) is 0 Å². The van der Waals surface area contributed by atoms with Crippen molar-refractivity contribution in [1.29, 1.82) is 0 Å². The number of amides is 1. The number of rotatable bonds is 3. The molecule has 0 aromatic rings. The quantitative estimate of drug-likeness (QED) is 0.735. The SMILES string of the molecule is COC(=O)CCN1C(=O)C2(CCCC2)NC1C. The number of ether oxygens (including phenoxy) is 1. The van der Waals surface area contributed by atoms with Crippen LogP contribution in [0.5, 0.6) is 0 Å². The van der Waals surface area contributed by atoms with Crippen molar-refractivity contribution in [2.75, 3.05) is 13.7 Å². The van der Waals surface area contributed by atoms with E-state index in [4.69, 9.17) is 0 Å². The standard InChI is InChI=1S/C12H20N2O3/c1-9-13-12(6-3-4-7-12)11(16)14(9)8-5-10(15)17-2/h9,13H,3-8H2,1-2H3. The van der Waals surface area contributed by atoms with E-state index in [0.29, 0.717) is 6.54 Å². The van der Waals surface area contributed by atoms with Crippen LogP contribution in [0.2, 0.25) is 0 Å². The lowest BCUT2D eigenvalue weighted by molar-refractivity contribution is -0.141. The molecule has 1 atom stereocenters. The van der Waals surface area contributed by atoms with Gasteiger partial charge >= 0.3 is 5.97 Å². The summed E-state index contributed by atoms with van der Waals surface area (Å²) >= 11 is 0. The predicted molar refractivity (Wildman–Crippen MR) is 62.1 cm³/mol. The van der Waals surface area contributed by atoms with Gasteiger partial charge in [0, 0.05) is 6.54 Å². The van der Waals surface area contributed by atoms with Gasteiger partial charge in [0.05, 0.1) is 25.2 Å². The minimum atomic E-state index is -0.338. The fraction of sp³-hybridized carbons (Fsp3) is 0.833. The highest BCUT2D eigenvalue weighted by atomic mass is 16.5. The molecule has 0 aromatic heterocycles. The van der Waals surface area contributed by atoms with E-state index in [9.17, 15) is 9.59 Å². The highest BCUT2D eigenvalue weighted by Crippen LogP contribution is 2.36. The highest BCUT2D eigenvalue weighted by molar-refractivity contribution is 5.89. The van der Waals surface area contributed by atoms with E-state index in [1.54, 1.807) is 4.90 Å². The van der Waals surface area contributed by atoms with Gasteiger partial charge in [0.1, 0.15) is 0 Å². The fourth-order valence-electron chi connectivity index (χ4n) is 2.94. The molecule has 2 fully saturated rings. The zero-order valence-corrected chi connectivity index (χ0v) is 10.5. The smallest absolute Gasteiger partial charge is 0.307 e. The van der Waals surface area contributed by atoms with Crippen LogP contribution in [0.3, 0.4) is 0 Å². The number of carbonyl (C=O) groups is 2. The summed E-state index contributed by atoms with van der Waals surface area (Å²) in [6.07, 6.45) is 4.34. The molecule has 17 heavy (non-hydrogen) atoms. The van der Waals surface area contributed by atoms with Gasteiger partial charge in [0.25, 0.3) is 0 Å².